The summed E-state index contributed by atoms with van der Waals surface area (Å²) in [7, 11) is 0. The summed E-state index contributed by atoms with van der Waals surface area (Å²) in [6.45, 7) is 19.8. The van der Waals surface area contributed by atoms with Crippen LogP contribution in [-0.4, -0.2) is 129 Å². The zero-order valence-electron chi connectivity index (χ0n) is 33.5. The van der Waals surface area contributed by atoms with Crippen molar-refractivity contribution in [1.82, 2.24) is 0 Å². The Bertz CT molecular complexity index is 795. The summed E-state index contributed by atoms with van der Waals surface area (Å²) in [6.07, 6.45) is 1.94. The molecule has 0 fully saturated rings. The molecule has 0 saturated heterocycles. The van der Waals surface area contributed by atoms with Gasteiger partial charge in [-0.1, -0.05) is 62.3 Å². The van der Waals surface area contributed by atoms with Crippen LogP contribution in [0.25, 0.3) is 0 Å². The molecule has 0 N–H and O–H groups in total. The first-order valence-corrected chi connectivity index (χ1v) is 19.1. The lowest BCUT2D eigenvalue weighted by atomic mass is 10.1. The molecule has 0 rings (SSSR count). The highest BCUT2D eigenvalue weighted by Gasteiger charge is 2.18. The van der Waals surface area contributed by atoms with E-state index in [2.05, 4.69) is 0 Å². The minimum Gasteiger partial charge on any atom is -0.463 e. The van der Waals surface area contributed by atoms with Gasteiger partial charge in [0.1, 0.15) is 38.6 Å². The normalized spacial score (nSPS) is 15.5. The summed E-state index contributed by atoms with van der Waals surface area (Å²) in [5.74, 6) is -1.74. The zero-order chi connectivity index (χ0) is 39.1. The van der Waals surface area contributed by atoms with Gasteiger partial charge in [-0.05, 0) is 25.7 Å². The molecule has 0 aromatic heterocycles. The van der Waals surface area contributed by atoms with Crippen LogP contribution in [0.2, 0.25) is 0 Å². The second kappa shape index (κ2) is 32.1. The van der Waals surface area contributed by atoms with Crippen molar-refractivity contribution >= 4 is 23.9 Å². The van der Waals surface area contributed by atoms with Crippen molar-refractivity contribution in [1.29, 1.82) is 0 Å². The van der Waals surface area contributed by atoms with Gasteiger partial charge in [-0.25, -0.2) is 0 Å². The lowest BCUT2D eigenvalue weighted by molar-refractivity contribution is -0.151. The molecule has 4 atom stereocenters. The highest BCUT2D eigenvalue weighted by atomic mass is 16.6. The number of rotatable bonds is 34. The lowest BCUT2D eigenvalue weighted by Gasteiger charge is -2.23. The average molecular weight is 751 g/mol. The van der Waals surface area contributed by atoms with Gasteiger partial charge in [0.05, 0.1) is 89.7 Å². The van der Waals surface area contributed by atoms with Gasteiger partial charge >= 0.3 is 23.9 Å². The molecule has 52 heavy (non-hydrogen) atoms. The Kier molecular flexibility index (Phi) is 30.6. The third-order valence-corrected chi connectivity index (χ3v) is 8.39. The van der Waals surface area contributed by atoms with Crippen molar-refractivity contribution in [3.05, 3.63) is 0 Å². The van der Waals surface area contributed by atoms with E-state index in [1.165, 1.54) is 0 Å². The van der Waals surface area contributed by atoms with E-state index >= 15 is 0 Å². The third kappa shape index (κ3) is 25.6. The van der Waals surface area contributed by atoms with Gasteiger partial charge in [-0.15, -0.1) is 0 Å². The first kappa shape index (κ1) is 49.6. The molecule has 0 aromatic carbocycles. The summed E-state index contributed by atoms with van der Waals surface area (Å²) in [5, 5.41) is 0. The second-order valence-corrected chi connectivity index (χ2v) is 13.2. The van der Waals surface area contributed by atoms with E-state index in [1.54, 1.807) is 0 Å². The Hall–Kier alpha value is -2.36. The van der Waals surface area contributed by atoms with Crippen molar-refractivity contribution in [2.75, 3.05) is 92.5 Å². The van der Waals surface area contributed by atoms with Crippen LogP contribution in [0.3, 0.4) is 0 Å². The maximum atomic E-state index is 11.9. The minimum atomic E-state index is -0.434. The van der Waals surface area contributed by atoms with Crippen LogP contribution in [0.5, 0.6) is 0 Å². The highest BCUT2D eigenvalue weighted by Crippen LogP contribution is 2.09. The minimum absolute atomic E-state index is 0.0362. The smallest absolute Gasteiger partial charge is 0.308 e. The Morgan fingerprint density at radius 2 is 0.596 bits per heavy atom. The van der Waals surface area contributed by atoms with E-state index in [1.807, 2.05) is 62.3 Å². The van der Waals surface area contributed by atoms with E-state index in [0.29, 0.717) is 38.9 Å². The zero-order valence-corrected chi connectivity index (χ0v) is 33.5. The first-order valence-electron chi connectivity index (χ1n) is 19.1. The maximum absolute atomic E-state index is 11.9. The Balaban J connectivity index is 4.97. The molecule has 0 saturated carbocycles. The van der Waals surface area contributed by atoms with E-state index in [4.69, 9.17) is 47.4 Å². The Morgan fingerprint density at radius 3 is 0.808 bits per heavy atom. The average Bonchev–Trinajstić information content (AvgIpc) is 3.15. The van der Waals surface area contributed by atoms with E-state index in [-0.39, 0.29) is 133 Å². The fourth-order valence-corrected chi connectivity index (χ4v) is 3.84. The molecule has 0 heterocycles. The number of ether oxygens (including phenoxy) is 10. The lowest BCUT2D eigenvalue weighted by Crippen LogP contribution is -2.32. The molecule has 0 spiro atoms. The van der Waals surface area contributed by atoms with Crippen LogP contribution in [-0.2, 0) is 66.5 Å². The molecule has 0 aromatic rings. The monoisotopic (exact) mass is 750 g/mol. The topological polar surface area (TPSA) is 161 Å². The molecule has 0 bridgehead atoms. The standard InChI is InChI=1S/C38H70O14/c1-10-29(6)35(39)47-18-14-43-24-33(25-44-15-19-48-36(40)30(7)11-2)51-22-28(5)23-52-34(26-45-16-20-49-37(41)31(8)12-3)27-46-17-21-50-38(42)32(9)13-4/h28-34H,10-27H2,1-9H3. The van der Waals surface area contributed by atoms with Crippen LogP contribution in [0.1, 0.15) is 88.0 Å². The Morgan fingerprint density at radius 1 is 0.365 bits per heavy atom. The summed E-state index contributed by atoms with van der Waals surface area (Å²) < 4.78 is 56.2. The third-order valence-electron chi connectivity index (χ3n) is 8.39. The molecule has 0 aliphatic carbocycles. The second-order valence-electron chi connectivity index (χ2n) is 13.2. The van der Waals surface area contributed by atoms with Gasteiger partial charge in [-0.3, -0.25) is 19.2 Å². The van der Waals surface area contributed by atoms with Crippen molar-refractivity contribution in [2.24, 2.45) is 29.6 Å². The van der Waals surface area contributed by atoms with Crippen LogP contribution in [0.15, 0.2) is 0 Å². The SMILES string of the molecule is CCC(C)C(=O)OCCOCC(COCCOC(=O)C(C)CC)OCC(C)COC(COCCOC(=O)C(C)CC)COCCOC(=O)C(C)CC. The summed E-state index contributed by atoms with van der Waals surface area (Å²) >= 11 is 0. The number of carbonyl (C=O) groups excluding carboxylic acids is 4. The number of carbonyl (C=O) groups is 4. The quantitative estimate of drug-likeness (QED) is 0.0500. The van der Waals surface area contributed by atoms with Gasteiger partial charge in [0, 0.05) is 5.92 Å². The molecule has 0 aliphatic heterocycles. The van der Waals surface area contributed by atoms with Gasteiger partial charge in [0.15, 0.2) is 0 Å². The Labute approximate surface area is 312 Å². The summed E-state index contributed by atoms with van der Waals surface area (Å²) in [5.41, 5.74) is 0. The summed E-state index contributed by atoms with van der Waals surface area (Å²) in [6, 6.07) is 0. The van der Waals surface area contributed by atoms with Crippen LogP contribution < -0.4 is 0 Å². The fraction of sp³-hybridized carbons (Fsp3) is 0.895. The first-order chi connectivity index (χ1) is 24.9. The predicted octanol–water partition coefficient (Wildman–Crippen LogP) is 4.82. The van der Waals surface area contributed by atoms with Crippen molar-refractivity contribution < 1.29 is 66.5 Å². The fourth-order valence-electron chi connectivity index (χ4n) is 3.84. The molecule has 306 valence electrons. The molecule has 0 radical (unpaired) electrons. The van der Waals surface area contributed by atoms with Crippen LogP contribution in [0, 0.1) is 29.6 Å². The van der Waals surface area contributed by atoms with Crippen molar-refractivity contribution in [3.8, 4) is 0 Å². The van der Waals surface area contributed by atoms with Gasteiger partial charge in [0.2, 0.25) is 0 Å². The number of esters is 4. The molecular formula is C38H70O14. The molecule has 14 heteroatoms. The van der Waals surface area contributed by atoms with Gasteiger partial charge < -0.3 is 47.4 Å². The summed E-state index contributed by atoms with van der Waals surface area (Å²) in [4.78, 5) is 47.8. The molecule has 0 aliphatic rings. The number of hydrogen-bond donors (Lipinski definition) is 0. The van der Waals surface area contributed by atoms with Gasteiger partial charge in [-0.2, -0.15) is 0 Å². The van der Waals surface area contributed by atoms with Crippen LogP contribution in [0.4, 0.5) is 0 Å². The molecule has 14 nitrogen and oxygen atoms in total. The van der Waals surface area contributed by atoms with E-state index in [0.717, 1.165) is 0 Å². The highest BCUT2D eigenvalue weighted by molar-refractivity contribution is 5.72. The molecule has 4 unspecified atom stereocenters. The predicted molar refractivity (Wildman–Crippen MR) is 194 cm³/mol. The van der Waals surface area contributed by atoms with E-state index in [9.17, 15) is 19.2 Å². The number of hydrogen-bond acceptors (Lipinski definition) is 14. The van der Waals surface area contributed by atoms with Gasteiger partial charge in [0.25, 0.3) is 0 Å². The maximum Gasteiger partial charge on any atom is 0.308 e. The van der Waals surface area contributed by atoms with E-state index < -0.39 is 12.2 Å². The van der Waals surface area contributed by atoms with Crippen molar-refractivity contribution in [3.63, 3.8) is 0 Å². The molecular weight excluding hydrogens is 680 g/mol. The van der Waals surface area contributed by atoms with Crippen molar-refractivity contribution in [2.45, 2.75) is 100 Å². The largest absolute Gasteiger partial charge is 0.463 e. The molecule has 0 amide bonds. The van der Waals surface area contributed by atoms with Crippen LogP contribution >= 0.6 is 0 Å².